The molecule has 0 fully saturated rings. The summed E-state index contributed by atoms with van der Waals surface area (Å²) in [6.45, 7) is 6.60. The normalized spacial score (nSPS) is 15.5. The van der Waals surface area contributed by atoms with Crippen molar-refractivity contribution < 1.29 is 0 Å². The quantitative estimate of drug-likeness (QED) is 0.608. The summed E-state index contributed by atoms with van der Waals surface area (Å²) in [6, 6.07) is 0. The standard InChI is InChI=1S/C13H22N4/c1-13(2,3)8-11-15-10-7-5-4-6-9(10)12(16-11)17-14/h4-8,14H2,1-3H3,(H,15,16,17). The Morgan fingerprint density at radius 2 is 1.88 bits per heavy atom. The highest BCUT2D eigenvalue weighted by Crippen LogP contribution is 2.27. The van der Waals surface area contributed by atoms with E-state index in [1.807, 2.05) is 0 Å². The molecule has 4 heteroatoms. The van der Waals surface area contributed by atoms with E-state index >= 15 is 0 Å². The molecule has 1 aromatic heterocycles. The molecule has 0 spiro atoms. The summed E-state index contributed by atoms with van der Waals surface area (Å²) in [5, 5.41) is 0. The molecule has 0 atom stereocenters. The van der Waals surface area contributed by atoms with Crippen LogP contribution in [-0.4, -0.2) is 9.97 Å². The summed E-state index contributed by atoms with van der Waals surface area (Å²) in [7, 11) is 0. The monoisotopic (exact) mass is 234 g/mol. The number of nitrogens with two attached hydrogens (primary N) is 1. The number of hydrazine groups is 1. The lowest BCUT2D eigenvalue weighted by atomic mass is 9.91. The third-order valence-electron chi connectivity index (χ3n) is 3.05. The van der Waals surface area contributed by atoms with Crippen molar-refractivity contribution in [3.05, 3.63) is 17.1 Å². The zero-order valence-corrected chi connectivity index (χ0v) is 11.0. The Morgan fingerprint density at radius 1 is 1.18 bits per heavy atom. The molecule has 4 nitrogen and oxygen atoms in total. The van der Waals surface area contributed by atoms with Gasteiger partial charge in [0, 0.05) is 17.7 Å². The zero-order valence-electron chi connectivity index (χ0n) is 11.0. The van der Waals surface area contributed by atoms with Crippen molar-refractivity contribution in [3.8, 4) is 0 Å². The van der Waals surface area contributed by atoms with Gasteiger partial charge in [0.25, 0.3) is 0 Å². The lowest BCUT2D eigenvalue weighted by molar-refractivity contribution is 0.399. The minimum absolute atomic E-state index is 0.203. The van der Waals surface area contributed by atoms with Crippen molar-refractivity contribution in [1.82, 2.24) is 9.97 Å². The van der Waals surface area contributed by atoms with Gasteiger partial charge in [-0.2, -0.15) is 0 Å². The topological polar surface area (TPSA) is 63.8 Å². The predicted molar refractivity (Wildman–Crippen MR) is 69.6 cm³/mol. The van der Waals surface area contributed by atoms with Gasteiger partial charge >= 0.3 is 0 Å². The first kappa shape index (κ1) is 12.3. The smallest absolute Gasteiger partial charge is 0.147 e. The van der Waals surface area contributed by atoms with Gasteiger partial charge in [-0.05, 0) is 31.1 Å². The summed E-state index contributed by atoms with van der Waals surface area (Å²) in [6.07, 6.45) is 5.43. The summed E-state index contributed by atoms with van der Waals surface area (Å²) >= 11 is 0. The van der Waals surface area contributed by atoms with E-state index in [4.69, 9.17) is 10.8 Å². The lowest BCUT2D eigenvalue weighted by Gasteiger charge is -2.21. The minimum Gasteiger partial charge on any atom is -0.308 e. The molecule has 1 heterocycles. The summed E-state index contributed by atoms with van der Waals surface area (Å²) in [5.41, 5.74) is 5.35. The number of nitrogens with zero attached hydrogens (tertiary/aromatic N) is 2. The van der Waals surface area contributed by atoms with Crippen molar-refractivity contribution in [3.63, 3.8) is 0 Å². The molecule has 0 unspecified atom stereocenters. The third kappa shape index (κ3) is 2.94. The second kappa shape index (κ2) is 4.61. The van der Waals surface area contributed by atoms with E-state index in [1.165, 1.54) is 24.1 Å². The van der Waals surface area contributed by atoms with E-state index in [-0.39, 0.29) is 5.41 Å². The molecular weight excluding hydrogens is 212 g/mol. The van der Waals surface area contributed by atoms with Crippen LogP contribution in [0.4, 0.5) is 5.82 Å². The second-order valence-corrected chi connectivity index (χ2v) is 6.00. The maximum Gasteiger partial charge on any atom is 0.147 e. The van der Waals surface area contributed by atoms with E-state index < -0.39 is 0 Å². The fourth-order valence-corrected chi connectivity index (χ4v) is 2.32. The number of nitrogen functional groups attached to an aromatic ring is 1. The Labute approximate surface area is 103 Å². The molecule has 1 aliphatic carbocycles. The number of anilines is 1. The van der Waals surface area contributed by atoms with Gasteiger partial charge in [0.05, 0.1) is 0 Å². The van der Waals surface area contributed by atoms with Crippen LogP contribution in [0.2, 0.25) is 0 Å². The van der Waals surface area contributed by atoms with Gasteiger partial charge in [0.2, 0.25) is 0 Å². The maximum atomic E-state index is 5.57. The van der Waals surface area contributed by atoms with Crippen molar-refractivity contribution in [2.24, 2.45) is 11.3 Å². The van der Waals surface area contributed by atoms with Crippen LogP contribution >= 0.6 is 0 Å². The molecule has 0 saturated heterocycles. The Hall–Kier alpha value is -1.16. The van der Waals surface area contributed by atoms with Crippen LogP contribution in [0.15, 0.2) is 0 Å². The first-order valence-electron chi connectivity index (χ1n) is 6.35. The van der Waals surface area contributed by atoms with Gasteiger partial charge in [0.15, 0.2) is 0 Å². The van der Waals surface area contributed by atoms with Gasteiger partial charge in [-0.15, -0.1) is 0 Å². The average Bonchev–Trinajstić information content (AvgIpc) is 2.25. The molecule has 17 heavy (non-hydrogen) atoms. The SMILES string of the molecule is CC(C)(C)Cc1nc2c(c(NN)n1)CCCC2. The van der Waals surface area contributed by atoms with Crippen LogP contribution in [0.5, 0.6) is 0 Å². The van der Waals surface area contributed by atoms with Crippen molar-refractivity contribution in [1.29, 1.82) is 0 Å². The number of hydrogen-bond acceptors (Lipinski definition) is 4. The number of hydrogen-bond donors (Lipinski definition) is 2. The maximum absolute atomic E-state index is 5.57. The van der Waals surface area contributed by atoms with Gasteiger partial charge in [0.1, 0.15) is 11.6 Å². The van der Waals surface area contributed by atoms with Gasteiger partial charge in [-0.25, -0.2) is 15.8 Å². The number of nitrogens with one attached hydrogen (secondary N) is 1. The van der Waals surface area contributed by atoms with Crippen molar-refractivity contribution in [2.75, 3.05) is 5.43 Å². The van der Waals surface area contributed by atoms with Crippen molar-refractivity contribution in [2.45, 2.75) is 52.9 Å². The average molecular weight is 234 g/mol. The molecule has 0 amide bonds. The molecule has 94 valence electrons. The Morgan fingerprint density at radius 3 is 2.53 bits per heavy atom. The van der Waals surface area contributed by atoms with Crippen LogP contribution < -0.4 is 11.3 Å². The molecular formula is C13H22N4. The molecule has 1 aliphatic rings. The molecule has 0 radical (unpaired) electrons. The largest absolute Gasteiger partial charge is 0.308 e. The van der Waals surface area contributed by atoms with E-state index in [9.17, 15) is 0 Å². The number of fused-ring (bicyclic) bond motifs is 1. The highest BCUT2D eigenvalue weighted by atomic mass is 15.3. The van der Waals surface area contributed by atoms with Gasteiger partial charge < -0.3 is 5.43 Å². The summed E-state index contributed by atoms with van der Waals surface area (Å²) < 4.78 is 0. The Balaban J connectivity index is 2.36. The first-order valence-corrected chi connectivity index (χ1v) is 6.35. The van der Waals surface area contributed by atoms with Gasteiger partial charge in [-0.3, -0.25) is 0 Å². The van der Waals surface area contributed by atoms with Crippen LogP contribution in [0, 0.1) is 5.41 Å². The highest BCUT2D eigenvalue weighted by Gasteiger charge is 2.20. The first-order chi connectivity index (χ1) is 7.99. The molecule has 0 bridgehead atoms. The van der Waals surface area contributed by atoms with Crippen LogP contribution in [0.3, 0.4) is 0 Å². The molecule has 0 aliphatic heterocycles. The Kier molecular flexibility index (Phi) is 3.33. The van der Waals surface area contributed by atoms with Crippen LogP contribution in [0.1, 0.15) is 50.7 Å². The number of aromatic nitrogens is 2. The molecule has 1 aromatic rings. The Bertz CT molecular complexity index is 389. The fraction of sp³-hybridized carbons (Fsp3) is 0.692. The third-order valence-corrected chi connectivity index (χ3v) is 3.05. The second-order valence-electron chi connectivity index (χ2n) is 6.00. The highest BCUT2D eigenvalue weighted by molar-refractivity contribution is 5.46. The van der Waals surface area contributed by atoms with E-state index in [2.05, 4.69) is 31.2 Å². The molecule has 0 saturated carbocycles. The van der Waals surface area contributed by atoms with E-state index in [0.717, 1.165) is 30.9 Å². The minimum atomic E-state index is 0.203. The fourth-order valence-electron chi connectivity index (χ4n) is 2.32. The number of aryl methyl sites for hydroxylation is 1. The molecule has 3 N–H and O–H groups in total. The van der Waals surface area contributed by atoms with E-state index in [1.54, 1.807) is 0 Å². The van der Waals surface area contributed by atoms with E-state index in [0.29, 0.717) is 0 Å². The predicted octanol–water partition coefficient (Wildman–Crippen LogP) is 2.23. The lowest BCUT2D eigenvalue weighted by Crippen LogP contribution is -2.20. The molecule has 0 aromatic carbocycles. The van der Waals surface area contributed by atoms with Gasteiger partial charge in [-0.1, -0.05) is 20.8 Å². The number of rotatable bonds is 2. The molecule has 2 rings (SSSR count). The van der Waals surface area contributed by atoms with Crippen molar-refractivity contribution >= 4 is 5.82 Å². The van der Waals surface area contributed by atoms with Crippen LogP contribution in [0.25, 0.3) is 0 Å². The summed E-state index contributed by atoms with van der Waals surface area (Å²) in [4.78, 5) is 9.24. The zero-order chi connectivity index (χ0) is 12.5. The summed E-state index contributed by atoms with van der Waals surface area (Å²) in [5.74, 6) is 7.30. The van der Waals surface area contributed by atoms with Crippen LogP contribution in [-0.2, 0) is 19.3 Å².